The van der Waals surface area contributed by atoms with Gasteiger partial charge in [0.1, 0.15) is 5.82 Å². The summed E-state index contributed by atoms with van der Waals surface area (Å²) in [7, 11) is 2.22. The predicted molar refractivity (Wildman–Crippen MR) is 70.1 cm³/mol. The normalized spacial score (nSPS) is 16.6. The number of rotatable bonds is 5. The van der Waals surface area contributed by atoms with Crippen LogP contribution >= 0.6 is 0 Å². The SMILES string of the molecule is Cc1nccnc1NCCN(C)C1CCCC1. The third kappa shape index (κ3) is 3.40. The first-order valence-electron chi connectivity index (χ1n) is 6.49. The van der Waals surface area contributed by atoms with Crippen molar-refractivity contribution in [1.82, 2.24) is 14.9 Å². The lowest BCUT2D eigenvalue weighted by molar-refractivity contribution is 0.254. The molecular weight excluding hydrogens is 212 g/mol. The fourth-order valence-corrected chi connectivity index (χ4v) is 2.46. The Morgan fingerprint density at radius 1 is 1.29 bits per heavy atom. The quantitative estimate of drug-likeness (QED) is 0.847. The molecule has 0 amide bonds. The van der Waals surface area contributed by atoms with Crippen LogP contribution in [0.2, 0.25) is 0 Å². The molecule has 0 aliphatic heterocycles. The van der Waals surface area contributed by atoms with Gasteiger partial charge in [0.15, 0.2) is 0 Å². The molecular formula is C13H22N4. The van der Waals surface area contributed by atoms with Crippen LogP contribution in [0.3, 0.4) is 0 Å². The van der Waals surface area contributed by atoms with Crippen LogP contribution < -0.4 is 5.32 Å². The molecule has 2 rings (SSSR count). The zero-order chi connectivity index (χ0) is 12.1. The van der Waals surface area contributed by atoms with E-state index in [1.54, 1.807) is 12.4 Å². The maximum absolute atomic E-state index is 4.28. The maximum atomic E-state index is 4.28. The molecule has 17 heavy (non-hydrogen) atoms. The Morgan fingerprint density at radius 3 is 2.71 bits per heavy atom. The average Bonchev–Trinajstić information content (AvgIpc) is 2.85. The lowest BCUT2D eigenvalue weighted by atomic mass is 10.2. The highest BCUT2D eigenvalue weighted by molar-refractivity contribution is 5.38. The molecule has 1 saturated carbocycles. The van der Waals surface area contributed by atoms with Crippen molar-refractivity contribution >= 4 is 5.82 Å². The summed E-state index contributed by atoms with van der Waals surface area (Å²) in [6.07, 6.45) is 8.97. The Balaban J connectivity index is 1.74. The average molecular weight is 234 g/mol. The van der Waals surface area contributed by atoms with E-state index >= 15 is 0 Å². The number of hydrogen-bond acceptors (Lipinski definition) is 4. The first kappa shape index (κ1) is 12.3. The number of likely N-dealkylation sites (N-methyl/N-ethyl adjacent to an activating group) is 1. The summed E-state index contributed by atoms with van der Waals surface area (Å²) < 4.78 is 0. The van der Waals surface area contributed by atoms with E-state index in [4.69, 9.17) is 0 Å². The van der Waals surface area contributed by atoms with Crippen molar-refractivity contribution < 1.29 is 0 Å². The Hall–Kier alpha value is -1.16. The van der Waals surface area contributed by atoms with E-state index in [-0.39, 0.29) is 0 Å². The molecule has 0 atom stereocenters. The van der Waals surface area contributed by atoms with Gasteiger partial charge in [-0.2, -0.15) is 0 Å². The monoisotopic (exact) mass is 234 g/mol. The van der Waals surface area contributed by atoms with E-state index in [2.05, 4.69) is 27.2 Å². The summed E-state index contributed by atoms with van der Waals surface area (Å²) in [4.78, 5) is 11.0. The molecule has 94 valence electrons. The molecule has 1 heterocycles. The molecule has 4 heteroatoms. The van der Waals surface area contributed by atoms with Crippen molar-refractivity contribution in [2.24, 2.45) is 0 Å². The fraction of sp³-hybridized carbons (Fsp3) is 0.692. The van der Waals surface area contributed by atoms with Gasteiger partial charge in [0.25, 0.3) is 0 Å². The van der Waals surface area contributed by atoms with Crippen molar-refractivity contribution in [3.05, 3.63) is 18.1 Å². The highest BCUT2D eigenvalue weighted by Crippen LogP contribution is 2.21. The fourth-order valence-electron chi connectivity index (χ4n) is 2.46. The Kier molecular flexibility index (Phi) is 4.31. The zero-order valence-corrected chi connectivity index (χ0v) is 10.8. The van der Waals surface area contributed by atoms with Crippen LogP contribution in [0.1, 0.15) is 31.4 Å². The van der Waals surface area contributed by atoms with E-state index in [1.807, 2.05) is 6.92 Å². The summed E-state index contributed by atoms with van der Waals surface area (Å²) in [5, 5.41) is 3.35. The molecule has 0 spiro atoms. The molecule has 1 aromatic heterocycles. The van der Waals surface area contributed by atoms with Crippen LogP contribution in [0, 0.1) is 6.92 Å². The van der Waals surface area contributed by atoms with Crippen molar-refractivity contribution in [2.75, 3.05) is 25.5 Å². The Morgan fingerprint density at radius 2 is 2.00 bits per heavy atom. The molecule has 1 fully saturated rings. The molecule has 0 aromatic carbocycles. The molecule has 1 aliphatic carbocycles. The second-order valence-electron chi connectivity index (χ2n) is 4.84. The zero-order valence-electron chi connectivity index (χ0n) is 10.8. The van der Waals surface area contributed by atoms with Crippen LogP contribution in [-0.2, 0) is 0 Å². The number of anilines is 1. The van der Waals surface area contributed by atoms with Gasteiger partial charge in [-0.15, -0.1) is 0 Å². The number of aryl methyl sites for hydroxylation is 1. The maximum Gasteiger partial charge on any atom is 0.147 e. The van der Waals surface area contributed by atoms with Gasteiger partial charge in [-0.1, -0.05) is 12.8 Å². The first-order valence-corrected chi connectivity index (χ1v) is 6.49. The van der Waals surface area contributed by atoms with Crippen LogP contribution in [0.5, 0.6) is 0 Å². The summed E-state index contributed by atoms with van der Waals surface area (Å²) in [6, 6.07) is 0.791. The van der Waals surface area contributed by atoms with Crippen molar-refractivity contribution in [2.45, 2.75) is 38.6 Å². The van der Waals surface area contributed by atoms with Gasteiger partial charge in [-0.3, -0.25) is 4.98 Å². The van der Waals surface area contributed by atoms with E-state index in [0.29, 0.717) is 0 Å². The minimum absolute atomic E-state index is 0.791. The van der Waals surface area contributed by atoms with Gasteiger partial charge >= 0.3 is 0 Å². The molecule has 4 nitrogen and oxygen atoms in total. The molecule has 0 radical (unpaired) electrons. The minimum atomic E-state index is 0.791. The largest absolute Gasteiger partial charge is 0.367 e. The highest BCUT2D eigenvalue weighted by Gasteiger charge is 2.18. The standard InChI is InChI=1S/C13H22N4/c1-11-13(15-8-7-14-11)16-9-10-17(2)12-5-3-4-6-12/h7-8,12H,3-6,9-10H2,1-2H3,(H,15,16). The summed E-state index contributed by atoms with van der Waals surface area (Å²) in [5.74, 6) is 0.910. The van der Waals surface area contributed by atoms with Crippen LogP contribution in [0.4, 0.5) is 5.82 Å². The molecule has 1 aliphatic rings. The summed E-state index contributed by atoms with van der Waals surface area (Å²) >= 11 is 0. The summed E-state index contributed by atoms with van der Waals surface area (Å²) in [5.41, 5.74) is 0.969. The van der Waals surface area contributed by atoms with E-state index < -0.39 is 0 Å². The number of aromatic nitrogens is 2. The van der Waals surface area contributed by atoms with Crippen molar-refractivity contribution in [3.63, 3.8) is 0 Å². The smallest absolute Gasteiger partial charge is 0.147 e. The van der Waals surface area contributed by atoms with Gasteiger partial charge < -0.3 is 10.2 Å². The van der Waals surface area contributed by atoms with Gasteiger partial charge in [-0.05, 0) is 26.8 Å². The van der Waals surface area contributed by atoms with Crippen LogP contribution in [0.15, 0.2) is 12.4 Å². The third-order valence-electron chi connectivity index (χ3n) is 3.59. The second-order valence-corrected chi connectivity index (χ2v) is 4.84. The minimum Gasteiger partial charge on any atom is -0.367 e. The highest BCUT2D eigenvalue weighted by atomic mass is 15.2. The molecule has 1 N–H and O–H groups in total. The molecule has 1 aromatic rings. The van der Waals surface area contributed by atoms with Crippen LogP contribution in [-0.4, -0.2) is 41.0 Å². The lowest BCUT2D eigenvalue weighted by Crippen LogP contribution is -2.33. The van der Waals surface area contributed by atoms with E-state index in [0.717, 1.165) is 30.6 Å². The van der Waals surface area contributed by atoms with Crippen molar-refractivity contribution in [1.29, 1.82) is 0 Å². The van der Waals surface area contributed by atoms with E-state index in [1.165, 1.54) is 25.7 Å². The van der Waals surface area contributed by atoms with Gasteiger partial charge in [0.05, 0.1) is 5.69 Å². The number of nitrogens with one attached hydrogen (secondary N) is 1. The summed E-state index contributed by atoms with van der Waals surface area (Å²) in [6.45, 7) is 3.99. The Bertz CT molecular complexity index is 347. The Labute approximate surface area is 103 Å². The topological polar surface area (TPSA) is 41.1 Å². The molecule has 0 unspecified atom stereocenters. The number of hydrogen-bond donors (Lipinski definition) is 1. The van der Waals surface area contributed by atoms with Crippen molar-refractivity contribution in [3.8, 4) is 0 Å². The molecule has 0 bridgehead atoms. The van der Waals surface area contributed by atoms with Gasteiger partial charge in [-0.25, -0.2) is 4.98 Å². The molecule has 0 saturated heterocycles. The van der Waals surface area contributed by atoms with Gasteiger partial charge in [0.2, 0.25) is 0 Å². The van der Waals surface area contributed by atoms with Gasteiger partial charge in [0, 0.05) is 31.5 Å². The van der Waals surface area contributed by atoms with E-state index in [9.17, 15) is 0 Å². The number of nitrogens with zero attached hydrogens (tertiary/aromatic N) is 3. The lowest BCUT2D eigenvalue weighted by Gasteiger charge is -2.24. The third-order valence-corrected chi connectivity index (χ3v) is 3.59. The first-order chi connectivity index (χ1) is 8.27. The second kappa shape index (κ2) is 5.96. The predicted octanol–water partition coefficient (Wildman–Crippen LogP) is 2.07. The van der Waals surface area contributed by atoms with Crippen LogP contribution in [0.25, 0.3) is 0 Å².